The topological polar surface area (TPSA) is 45.1 Å². The van der Waals surface area contributed by atoms with E-state index < -0.39 is 12.5 Å². The predicted molar refractivity (Wildman–Crippen MR) is 77.6 cm³/mol. The zero-order valence-electron chi connectivity index (χ0n) is 12.4. The zero-order chi connectivity index (χ0) is 16.5. The van der Waals surface area contributed by atoms with Gasteiger partial charge >= 0.3 is 6.36 Å². The Morgan fingerprint density at radius 2 is 1.91 bits per heavy atom. The molecule has 1 aromatic carbocycles. The minimum atomic E-state index is -4.74. The fourth-order valence-electron chi connectivity index (χ4n) is 2.02. The number of rotatable bonds is 2. The van der Waals surface area contributed by atoms with Gasteiger partial charge in [-0.05, 0) is 18.2 Å². The maximum Gasteiger partial charge on any atom is 0.573 e. The molecular formula is C15H17F3N2O2. The molecule has 120 valence electrons. The largest absolute Gasteiger partial charge is 0.573 e. The molecule has 1 N–H and O–H groups in total. The second kappa shape index (κ2) is 5.64. The van der Waals surface area contributed by atoms with Gasteiger partial charge in [0, 0.05) is 17.7 Å². The van der Waals surface area contributed by atoms with E-state index >= 15 is 0 Å². The minimum Gasteiger partial charge on any atom is -0.406 e. The van der Waals surface area contributed by atoms with E-state index in [4.69, 9.17) is 0 Å². The summed E-state index contributed by atoms with van der Waals surface area (Å²) in [7, 11) is 0. The van der Waals surface area contributed by atoms with Crippen molar-refractivity contribution in [2.24, 2.45) is 10.5 Å². The standard InChI is InChI=1S/C15H17F3N2O2/c1-14(2,3)13-12(21)7-8-20(19-13)10-5-4-6-11(9-10)22-15(16,17)18/h4-9,12,21H,1-3H3. The van der Waals surface area contributed by atoms with Gasteiger partial charge in [-0.15, -0.1) is 13.2 Å². The minimum absolute atomic E-state index is 0.322. The summed E-state index contributed by atoms with van der Waals surface area (Å²) in [5.41, 5.74) is 0.562. The number of hydrogen-bond donors (Lipinski definition) is 1. The van der Waals surface area contributed by atoms with Crippen molar-refractivity contribution in [3.8, 4) is 5.75 Å². The quantitative estimate of drug-likeness (QED) is 0.905. The molecule has 1 heterocycles. The number of benzene rings is 1. The fraction of sp³-hybridized carbons (Fsp3) is 0.400. The van der Waals surface area contributed by atoms with E-state index in [1.807, 2.05) is 20.8 Å². The van der Waals surface area contributed by atoms with Gasteiger partial charge in [-0.25, -0.2) is 5.01 Å². The summed E-state index contributed by atoms with van der Waals surface area (Å²) in [4.78, 5) is 0. The van der Waals surface area contributed by atoms with Crippen LogP contribution in [-0.2, 0) is 0 Å². The zero-order valence-corrected chi connectivity index (χ0v) is 12.4. The van der Waals surface area contributed by atoms with E-state index in [0.29, 0.717) is 11.4 Å². The molecule has 4 nitrogen and oxygen atoms in total. The molecule has 7 heteroatoms. The third kappa shape index (κ3) is 4.00. The SMILES string of the molecule is CC(C)(C)C1=NN(c2cccc(OC(F)(F)F)c2)C=CC1O. The molecule has 1 aliphatic heterocycles. The highest BCUT2D eigenvalue weighted by Crippen LogP contribution is 2.30. The maximum absolute atomic E-state index is 12.3. The summed E-state index contributed by atoms with van der Waals surface area (Å²) < 4.78 is 40.7. The lowest BCUT2D eigenvalue weighted by atomic mass is 9.86. The van der Waals surface area contributed by atoms with Crippen LogP contribution in [0.1, 0.15) is 20.8 Å². The summed E-state index contributed by atoms with van der Waals surface area (Å²) in [6, 6.07) is 5.50. The van der Waals surface area contributed by atoms with Gasteiger partial charge in [0.2, 0.25) is 0 Å². The molecule has 0 aliphatic carbocycles. The van der Waals surface area contributed by atoms with Crippen LogP contribution < -0.4 is 9.75 Å². The lowest BCUT2D eigenvalue weighted by molar-refractivity contribution is -0.274. The lowest BCUT2D eigenvalue weighted by Crippen LogP contribution is -2.36. The molecule has 1 unspecified atom stereocenters. The fourth-order valence-corrected chi connectivity index (χ4v) is 2.02. The van der Waals surface area contributed by atoms with Crippen molar-refractivity contribution in [2.75, 3.05) is 5.01 Å². The Balaban J connectivity index is 2.30. The summed E-state index contributed by atoms with van der Waals surface area (Å²) in [6.07, 6.45) is -2.52. The monoisotopic (exact) mass is 314 g/mol. The van der Waals surface area contributed by atoms with Crippen LogP contribution in [0.2, 0.25) is 0 Å². The molecule has 0 bridgehead atoms. The molecule has 0 spiro atoms. The first-order valence-electron chi connectivity index (χ1n) is 6.67. The van der Waals surface area contributed by atoms with Gasteiger partial charge in [-0.3, -0.25) is 0 Å². The third-order valence-electron chi connectivity index (χ3n) is 2.99. The van der Waals surface area contributed by atoms with Gasteiger partial charge in [0.15, 0.2) is 0 Å². The van der Waals surface area contributed by atoms with Gasteiger partial charge < -0.3 is 9.84 Å². The number of hydrazone groups is 1. The molecule has 0 aromatic heterocycles. The van der Waals surface area contributed by atoms with Gasteiger partial charge in [0.1, 0.15) is 11.9 Å². The number of aliphatic hydroxyl groups is 1. The molecule has 0 saturated carbocycles. The Bertz CT molecular complexity index is 604. The third-order valence-corrected chi connectivity index (χ3v) is 2.99. The number of halogens is 3. The molecule has 1 aromatic rings. The van der Waals surface area contributed by atoms with E-state index in [1.165, 1.54) is 35.5 Å². The van der Waals surface area contributed by atoms with Crippen molar-refractivity contribution in [2.45, 2.75) is 33.2 Å². The highest BCUT2D eigenvalue weighted by atomic mass is 19.4. The van der Waals surface area contributed by atoms with Crippen LogP contribution in [0.5, 0.6) is 5.75 Å². The summed E-state index contributed by atoms with van der Waals surface area (Å²) in [5.74, 6) is -0.322. The van der Waals surface area contributed by atoms with Crippen molar-refractivity contribution in [3.05, 3.63) is 36.5 Å². The molecule has 1 atom stereocenters. The van der Waals surface area contributed by atoms with Crippen LogP contribution >= 0.6 is 0 Å². The van der Waals surface area contributed by atoms with E-state index in [2.05, 4.69) is 9.84 Å². The van der Waals surface area contributed by atoms with Crippen molar-refractivity contribution >= 4 is 11.4 Å². The smallest absolute Gasteiger partial charge is 0.406 e. The van der Waals surface area contributed by atoms with Crippen molar-refractivity contribution in [1.29, 1.82) is 0 Å². The van der Waals surface area contributed by atoms with E-state index in [9.17, 15) is 18.3 Å². The number of nitrogens with zero attached hydrogens (tertiary/aromatic N) is 2. The van der Waals surface area contributed by atoms with Crippen LogP contribution in [0.15, 0.2) is 41.6 Å². The van der Waals surface area contributed by atoms with Crippen LogP contribution in [-0.4, -0.2) is 23.3 Å². The Morgan fingerprint density at radius 3 is 2.50 bits per heavy atom. The second-order valence-electron chi connectivity index (χ2n) is 5.91. The number of alkyl halides is 3. The average molecular weight is 314 g/mol. The normalized spacial score (nSPS) is 19.1. The predicted octanol–water partition coefficient (Wildman–Crippen LogP) is 3.68. The molecule has 1 aliphatic rings. The lowest BCUT2D eigenvalue weighted by Gasteiger charge is -2.30. The summed E-state index contributed by atoms with van der Waals surface area (Å²) in [5, 5.41) is 15.7. The number of ether oxygens (including phenoxy) is 1. The van der Waals surface area contributed by atoms with Crippen molar-refractivity contribution < 1.29 is 23.0 Å². The van der Waals surface area contributed by atoms with Crippen molar-refractivity contribution in [1.82, 2.24) is 0 Å². The van der Waals surface area contributed by atoms with Crippen LogP contribution in [0.4, 0.5) is 18.9 Å². The highest BCUT2D eigenvalue weighted by molar-refractivity contribution is 5.96. The first kappa shape index (κ1) is 16.4. The van der Waals surface area contributed by atoms with Gasteiger partial charge in [0.25, 0.3) is 0 Å². The molecular weight excluding hydrogens is 297 g/mol. The second-order valence-corrected chi connectivity index (χ2v) is 5.91. The van der Waals surface area contributed by atoms with E-state index in [-0.39, 0.29) is 11.2 Å². The molecule has 0 amide bonds. The van der Waals surface area contributed by atoms with Crippen molar-refractivity contribution in [3.63, 3.8) is 0 Å². The average Bonchev–Trinajstić information content (AvgIpc) is 2.36. The Labute approximate surface area is 126 Å². The van der Waals surface area contributed by atoms with Crippen LogP contribution in [0, 0.1) is 5.41 Å². The van der Waals surface area contributed by atoms with E-state index in [1.54, 1.807) is 6.07 Å². The first-order chi connectivity index (χ1) is 10.1. The first-order valence-corrected chi connectivity index (χ1v) is 6.67. The molecule has 0 fully saturated rings. The highest BCUT2D eigenvalue weighted by Gasteiger charge is 2.31. The maximum atomic E-state index is 12.3. The van der Waals surface area contributed by atoms with Gasteiger partial charge in [0.05, 0.1) is 11.4 Å². The van der Waals surface area contributed by atoms with Crippen LogP contribution in [0.3, 0.4) is 0 Å². The Kier molecular flexibility index (Phi) is 4.19. The van der Waals surface area contributed by atoms with Gasteiger partial charge in [-0.1, -0.05) is 26.8 Å². The number of anilines is 1. The number of hydrogen-bond acceptors (Lipinski definition) is 4. The van der Waals surface area contributed by atoms with E-state index in [0.717, 1.165) is 0 Å². The molecule has 0 radical (unpaired) electrons. The molecule has 0 saturated heterocycles. The van der Waals surface area contributed by atoms with Crippen LogP contribution in [0.25, 0.3) is 0 Å². The Hall–Kier alpha value is -2.02. The number of aliphatic hydroxyl groups excluding tert-OH is 1. The molecule has 22 heavy (non-hydrogen) atoms. The van der Waals surface area contributed by atoms with Gasteiger partial charge in [-0.2, -0.15) is 5.10 Å². The summed E-state index contributed by atoms with van der Waals surface area (Å²) >= 11 is 0. The molecule has 2 rings (SSSR count). The summed E-state index contributed by atoms with van der Waals surface area (Å²) in [6.45, 7) is 5.70. The Morgan fingerprint density at radius 1 is 1.23 bits per heavy atom.